The van der Waals surface area contributed by atoms with E-state index in [0.717, 1.165) is 0 Å². The average molecular weight is 486 g/mol. The Labute approximate surface area is 200 Å². The summed E-state index contributed by atoms with van der Waals surface area (Å²) in [4.78, 5) is 44.6. The van der Waals surface area contributed by atoms with Gasteiger partial charge in [0.1, 0.15) is 5.82 Å². The van der Waals surface area contributed by atoms with Crippen LogP contribution in [0.25, 0.3) is 11.4 Å². The molecule has 0 radical (unpaired) electrons. The molecule has 1 aromatic heterocycles. The van der Waals surface area contributed by atoms with Crippen molar-refractivity contribution in [3.05, 3.63) is 106 Å². The molecule has 2 heterocycles. The number of benzene rings is 3. The molecule has 0 saturated heterocycles. The number of hydrogen-bond donors (Lipinski definition) is 2. The van der Waals surface area contributed by atoms with Crippen LogP contribution in [0.15, 0.2) is 87.4 Å². The van der Waals surface area contributed by atoms with E-state index in [0.29, 0.717) is 29.2 Å². The highest BCUT2D eigenvalue weighted by atomic mass is 32.2. The highest BCUT2D eigenvalue weighted by molar-refractivity contribution is 7.91. The van der Waals surface area contributed by atoms with Gasteiger partial charge in [0.05, 0.1) is 9.79 Å². The number of anilines is 1. The molecule has 0 saturated carbocycles. The molecule has 0 fully saturated rings. The molecule has 5 rings (SSSR count). The van der Waals surface area contributed by atoms with Gasteiger partial charge < -0.3 is 10.3 Å². The first-order valence-corrected chi connectivity index (χ1v) is 12.3. The molecule has 3 aromatic carbocycles. The van der Waals surface area contributed by atoms with Gasteiger partial charge in [0.15, 0.2) is 5.78 Å². The molecule has 4 aromatic rings. The zero-order valence-electron chi connectivity index (χ0n) is 18.5. The summed E-state index contributed by atoms with van der Waals surface area (Å²) in [7, 11) is -3.96. The zero-order valence-corrected chi connectivity index (χ0v) is 19.3. The van der Waals surface area contributed by atoms with Gasteiger partial charge in [-0.1, -0.05) is 31.2 Å². The first-order valence-electron chi connectivity index (χ1n) is 10.8. The minimum atomic E-state index is -3.96. The number of sulfone groups is 1. The maximum Gasteiger partial charge on any atom is 0.255 e. The fourth-order valence-corrected chi connectivity index (χ4v) is 5.68. The van der Waals surface area contributed by atoms with Crippen molar-refractivity contribution >= 4 is 27.2 Å². The van der Waals surface area contributed by atoms with Gasteiger partial charge >= 0.3 is 0 Å². The summed E-state index contributed by atoms with van der Waals surface area (Å²) in [5.41, 5.74) is 1.65. The van der Waals surface area contributed by atoms with Crippen molar-refractivity contribution in [2.75, 3.05) is 5.32 Å². The van der Waals surface area contributed by atoms with Gasteiger partial charge in [0.25, 0.3) is 11.5 Å². The molecular formula is C26H19N3O5S. The number of aromatic amines is 1. The average Bonchev–Trinajstić information content (AvgIpc) is 2.87. The van der Waals surface area contributed by atoms with Gasteiger partial charge in [-0.15, -0.1) is 0 Å². The smallest absolute Gasteiger partial charge is 0.255 e. The van der Waals surface area contributed by atoms with Gasteiger partial charge in [-0.3, -0.25) is 14.4 Å². The van der Waals surface area contributed by atoms with Crippen molar-refractivity contribution in [1.82, 2.24) is 9.97 Å². The molecule has 0 spiro atoms. The van der Waals surface area contributed by atoms with Crippen LogP contribution in [-0.2, 0) is 16.3 Å². The Morgan fingerprint density at radius 1 is 0.914 bits per heavy atom. The molecule has 1 aliphatic heterocycles. The maximum absolute atomic E-state index is 13.1. The molecule has 35 heavy (non-hydrogen) atoms. The summed E-state index contributed by atoms with van der Waals surface area (Å²) in [5, 5.41) is 2.74. The number of H-pyrrole nitrogens is 1. The number of nitrogens with zero attached hydrogens (tertiary/aromatic N) is 1. The number of aryl methyl sites for hydroxylation is 1. The van der Waals surface area contributed by atoms with Gasteiger partial charge in [-0.05, 0) is 48.9 Å². The van der Waals surface area contributed by atoms with Crippen LogP contribution in [0, 0.1) is 0 Å². The van der Waals surface area contributed by atoms with Crippen LogP contribution >= 0.6 is 0 Å². The number of aromatic nitrogens is 2. The van der Waals surface area contributed by atoms with Crippen molar-refractivity contribution in [2.45, 2.75) is 23.1 Å². The quantitative estimate of drug-likeness (QED) is 0.400. The second kappa shape index (κ2) is 8.44. The van der Waals surface area contributed by atoms with Crippen molar-refractivity contribution in [1.29, 1.82) is 0 Å². The second-order valence-corrected chi connectivity index (χ2v) is 9.90. The normalized spacial score (nSPS) is 13.6. The Morgan fingerprint density at radius 3 is 2.49 bits per heavy atom. The Morgan fingerprint density at radius 2 is 1.69 bits per heavy atom. The predicted octanol–water partition coefficient (Wildman–Crippen LogP) is 3.63. The second-order valence-electron chi connectivity index (χ2n) is 8.01. The van der Waals surface area contributed by atoms with Crippen LogP contribution < -0.4 is 10.9 Å². The van der Waals surface area contributed by atoms with Crippen LogP contribution in [0.4, 0.5) is 5.69 Å². The molecule has 0 atom stereocenters. The minimum Gasteiger partial charge on any atom is -0.322 e. The third-order valence-corrected chi connectivity index (χ3v) is 7.60. The summed E-state index contributed by atoms with van der Waals surface area (Å²) in [5.74, 6) is -0.571. The molecule has 0 unspecified atom stereocenters. The summed E-state index contributed by atoms with van der Waals surface area (Å²) in [6.45, 7) is 1.90. The Bertz CT molecular complexity index is 1690. The van der Waals surface area contributed by atoms with Gasteiger partial charge in [0, 0.05) is 39.7 Å². The molecule has 1 aliphatic rings. The van der Waals surface area contributed by atoms with Crippen LogP contribution in [0.5, 0.6) is 0 Å². The molecule has 174 valence electrons. The standard InChI is InChI=1S/C26H19N3O5S/c1-2-17-14-23(30)29-25(27-17)15-6-5-7-18(12-15)28-26(32)16-10-11-20-22(13-16)35(33,34)21-9-4-3-8-19(21)24(20)31/h3-14H,2H2,1H3,(H,28,32)(H,27,29,30). The lowest BCUT2D eigenvalue weighted by molar-refractivity contribution is 0.101. The first-order chi connectivity index (χ1) is 16.8. The summed E-state index contributed by atoms with van der Waals surface area (Å²) in [6.07, 6.45) is 0.599. The van der Waals surface area contributed by atoms with E-state index in [1.54, 1.807) is 36.4 Å². The Balaban J connectivity index is 1.47. The third-order valence-electron chi connectivity index (χ3n) is 5.75. The van der Waals surface area contributed by atoms with Crippen molar-refractivity contribution in [3.8, 4) is 11.4 Å². The molecule has 0 aliphatic carbocycles. The lowest BCUT2D eigenvalue weighted by Crippen LogP contribution is -2.21. The number of nitrogens with one attached hydrogen (secondary N) is 2. The number of carbonyl (C=O) groups excluding carboxylic acids is 2. The van der Waals surface area contributed by atoms with E-state index in [1.807, 2.05) is 6.92 Å². The van der Waals surface area contributed by atoms with E-state index in [-0.39, 0.29) is 32.0 Å². The van der Waals surface area contributed by atoms with E-state index in [4.69, 9.17) is 0 Å². The summed E-state index contributed by atoms with van der Waals surface area (Å²) >= 11 is 0. The SMILES string of the molecule is CCc1cc(=O)[nH]c(-c2cccc(NC(=O)c3ccc4c(c3)S(=O)(=O)c3ccccc3C4=O)c2)n1. The van der Waals surface area contributed by atoms with E-state index < -0.39 is 21.5 Å². The topological polar surface area (TPSA) is 126 Å². The number of ketones is 1. The van der Waals surface area contributed by atoms with Crippen molar-refractivity contribution < 1.29 is 18.0 Å². The number of carbonyl (C=O) groups is 2. The molecule has 0 bridgehead atoms. The fraction of sp³-hybridized carbons (Fsp3) is 0.0769. The Hall–Kier alpha value is -4.37. The van der Waals surface area contributed by atoms with Crippen LogP contribution in [-0.4, -0.2) is 30.1 Å². The monoisotopic (exact) mass is 485 g/mol. The van der Waals surface area contributed by atoms with Crippen LogP contribution in [0.2, 0.25) is 0 Å². The highest BCUT2D eigenvalue weighted by Gasteiger charge is 2.35. The maximum atomic E-state index is 13.1. The number of amides is 1. The summed E-state index contributed by atoms with van der Waals surface area (Å²) in [6, 6.07) is 18.2. The van der Waals surface area contributed by atoms with Gasteiger partial charge in [-0.2, -0.15) is 0 Å². The largest absolute Gasteiger partial charge is 0.322 e. The Kier molecular flexibility index (Phi) is 5.41. The number of hydrogen-bond acceptors (Lipinski definition) is 6. The molecule has 9 heteroatoms. The summed E-state index contributed by atoms with van der Waals surface area (Å²) < 4.78 is 26.3. The van der Waals surface area contributed by atoms with E-state index >= 15 is 0 Å². The highest BCUT2D eigenvalue weighted by Crippen LogP contribution is 2.35. The lowest BCUT2D eigenvalue weighted by Gasteiger charge is -2.19. The fourth-order valence-electron chi connectivity index (χ4n) is 4.00. The molecule has 1 amide bonds. The van der Waals surface area contributed by atoms with Gasteiger partial charge in [0.2, 0.25) is 9.84 Å². The van der Waals surface area contributed by atoms with Crippen LogP contribution in [0.1, 0.15) is 38.9 Å². The first kappa shape index (κ1) is 22.4. The molecule has 8 nitrogen and oxygen atoms in total. The lowest BCUT2D eigenvalue weighted by atomic mass is 10.0. The molecular weight excluding hydrogens is 466 g/mol. The number of rotatable bonds is 4. The number of fused-ring (bicyclic) bond motifs is 2. The van der Waals surface area contributed by atoms with E-state index in [1.165, 1.54) is 36.4 Å². The van der Waals surface area contributed by atoms with Crippen LogP contribution in [0.3, 0.4) is 0 Å². The zero-order chi connectivity index (χ0) is 24.7. The minimum absolute atomic E-state index is 0.0353. The van der Waals surface area contributed by atoms with E-state index in [9.17, 15) is 22.8 Å². The van der Waals surface area contributed by atoms with Crippen molar-refractivity contribution in [3.63, 3.8) is 0 Å². The molecule has 2 N–H and O–H groups in total. The van der Waals surface area contributed by atoms with E-state index in [2.05, 4.69) is 15.3 Å². The third kappa shape index (κ3) is 3.95. The predicted molar refractivity (Wildman–Crippen MR) is 129 cm³/mol. The van der Waals surface area contributed by atoms with Gasteiger partial charge in [-0.25, -0.2) is 13.4 Å². The van der Waals surface area contributed by atoms with Crippen molar-refractivity contribution in [2.24, 2.45) is 0 Å².